The fourth-order valence-electron chi connectivity index (χ4n) is 2.95. The van der Waals surface area contributed by atoms with Crippen molar-refractivity contribution in [2.75, 3.05) is 0 Å². The first-order valence-electron chi connectivity index (χ1n) is 7.55. The van der Waals surface area contributed by atoms with Crippen molar-refractivity contribution in [3.05, 3.63) is 11.7 Å². The average Bonchev–Trinajstić information content (AvgIpc) is 2.75. The van der Waals surface area contributed by atoms with Gasteiger partial charge < -0.3 is 10.3 Å². The van der Waals surface area contributed by atoms with E-state index in [2.05, 4.69) is 37.8 Å². The smallest absolute Gasteiger partial charge is 0.229 e. The fourth-order valence-corrected chi connectivity index (χ4v) is 2.95. The van der Waals surface area contributed by atoms with E-state index in [0.717, 1.165) is 31.1 Å². The molecule has 0 aliphatic heterocycles. The van der Waals surface area contributed by atoms with E-state index in [1.807, 2.05) is 0 Å². The number of nitrogens with zero attached hydrogens (tertiary/aromatic N) is 2. The first kappa shape index (κ1) is 14.5. The predicted octanol–water partition coefficient (Wildman–Crippen LogP) is 3.58. The van der Waals surface area contributed by atoms with Crippen molar-refractivity contribution in [1.82, 2.24) is 10.1 Å². The highest BCUT2D eigenvalue weighted by Crippen LogP contribution is 2.37. The summed E-state index contributed by atoms with van der Waals surface area (Å²) in [4.78, 5) is 4.51. The van der Waals surface area contributed by atoms with Crippen LogP contribution in [0.2, 0.25) is 0 Å². The Hall–Kier alpha value is -0.900. The van der Waals surface area contributed by atoms with Gasteiger partial charge in [-0.25, -0.2) is 0 Å². The highest BCUT2D eigenvalue weighted by Gasteiger charge is 2.36. The lowest BCUT2D eigenvalue weighted by molar-refractivity contribution is 0.304. The molecule has 0 bridgehead atoms. The first-order valence-corrected chi connectivity index (χ1v) is 7.55. The summed E-state index contributed by atoms with van der Waals surface area (Å²) >= 11 is 0. The van der Waals surface area contributed by atoms with Crippen molar-refractivity contribution >= 4 is 0 Å². The Labute approximate surface area is 116 Å². The van der Waals surface area contributed by atoms with Crippen LogP contribution in [0.1, 0.15) is 77.4 Å². The minimum Gasteiger partial charge on any atom is -0.339 e. The third-order valence-electron chi connectivity index (χ3n) is 4.48. The molecule has 1 aliphatic carbocycles. The molecule has 0 radical (unpaired) electrons. The number of nitrogens with two attached hydrogens (primary N) is 1. The van der Waals surface area contributed by atoms with Crippen molar-refractivity contribution in [2.24, 2.45) is 17.6 Å². The van der Waals surface area contributed by atoms with E-state index in [9.17, 15) is 0 Å². The summed E-state index contributed by atoms with van der Waals surface area (Å²) in [5.74, 6) is 3.19. The molecule has 108 valence electrons. The molecule has 0 spiro atoms. The van der Waals surface area contributed by atoms with Crippen LogP contribution >= 0.6 is 0 Å². The maximum Gasteiger partial charge on any atom is 0.229 e. The van der Waals surface area contributed by atoms with Crippen LogP contribution in [-0.4, -0.2) is 10.1 Å². The Bertz CT molecular complexity index is 413. The van der Waals surface area contributed by atoms with Gasteiger partial charge in [0.15, 0.2) is 5.82 Å². The van der Waals surface area contributed by atoms with Crippen molar-refractivity contribution in [2.45, 2.75) is 71.3 Å². The van der Waals surface area contributed by atoms with Gasteiger partial charge in [-0.1, -0.05) is 45.7 Å². The first-order chi connectivity index (χ1) is 8.92. The Morgan fingerprint density at radius 1 is 1.21 bits per heavy atom. The Kier molecular flexibility index (Phi) is 4.29. The summed E-state index contributed by atoms with van der Waals surface area (Å²) in [6, 6.07) is 0. The summed E-state index contributed by atoms with van der Waals surface area (Å²) in [7, 11) is 0. The zero-order valence-corrected chi connectivity index (χ0v) is 12.6. The van der Waals surface area contributed by atoms with E-state index in [-0.39, 0.29) is 11.5 Å². The Morgan fingerprint density at radius 2 is 1.95 bits per heavy atom. The topological polar surface area (TPSA) is 64.9 Å². The second-order valence-electron chi connectivity index (χ2n) is 6.70. The summed E-state index contributed by atoms with van der Waals surface area (Å²) < 4.78 is 5.32. The van der Waals surface area contributed by atoms with Gasteiger partial charge in [-0.05, 0) is 31.1 Å². The van der Waals surface area contributed by atoms with Gasteiger partial charge in [0.2, 0.25) is 5.89 Å². The second-order valence-corrected chi connectivity index (χ2v) is 6.70. The molecule has 1 fully saturated rings. The maximum atomic E-state index is 6.57. The molecule has 0 aromatic carbocycles. The molecule has 4 heteroatoms. The van der Waals surface area contributed by atoms with E-state index in [1.54, 1.807) is 0 Å². The summed E-state index contributed by atoms with van der Waals surface area (Å²) in [5.41, 5.74) is 6.18. The third kappa shape index (κ3) is 3.16. The monoisotopic (exact) mass is 265 g/mol. The normalized spacial score (nSPS) is 28.9. The van der Waals surface area contributed by atoms with Crippen molar-refractivity contribution in [1.29, 1.82) is 0 Å². The highest BCUT2D eigenvalue weighted by atomic mass is 16.5. The number of aromatic nitrogens is 2. The molecule has 1 aliphatic rings. The quantitative estimate of drug-likeness (QED) is 0.848. The zero-order chi connectivity index (χ0) is 14.0. The van der Waals surface area contributed by atoms with Gasteiger partial charge in [0.05, 0.1) is 5.54 Å². The highest BCUT2D eigenvalue weighted by molar-refractivity contribution is 5.06. The minimum atomic E-state index is -0.389. The molecule has 19 heavy (non-hydrogen) atoms. The van der Waals surface area contributed by atoms with Crippen molar-refractivity contribution in [3.8, 4) is 0 Å². The SMILES string of the molecule is CC(C)c1nc(C2(N)CCCC(C(C)C)CC2)no1. The second kappa shape index (κ2) is 5.61. The van der Waals surface area contributed by atoms with Crippen molar-refractivity contribution < 1.29 is 4.52 Å². The lowest BCUT2D eigenvalue weighted by Crippen LogP contribution is -2.37. The largest absolute Gasteiger partial charge is 0.339 e. The van der Waals surface area contributed by atoms with Gasteiger partial charge in [0.25, 0.3) is 0 Å². The summed E-state index contributed by atoms with van der Waals surface area (Å²) in [6.07, 6.45) is 5.52. The minimum absolute atomic E-state index is 0.263. The third-order valence-corrected chi connectivity index (χ3v) is 4.48. The van der Waals surface area contributed by atoms with Gasteiger partial charge in [-0.3, -0.25) is 0 Å². The molecule has 2 unspecified atom stereocenters. The van der Waals surface area contributed by atoms with Crippen LogP contribution in [0.5, 0.6) is 0 Å². The van der Waals surface area contributed by atoms with E-state index < -0.39 is 0 Å². The van der Waals surface area contributed by atoms with Crippen LogP contribution in [-0.2, 0) is 5.54 Å². The molecule has 2 rings (SSSR count). The van der Waals surface area contributed by atoms with E-state index in [4.69, 9.17) is 10.3 Å². The lowest BCUT2D eigenvalue weighted by atomic mass is 9.86. The molecule has 2 atom stereocenters. The number of hydrogen-bond acceptors (Lipinski definition) is 4. The molecule has 1 aromatic heterocycles. The van der Waals surface area contributed by atoms with Gasteiger partial charge >= 0.3 is 0 Å². The molecule has 1 heterocycles. The predicted molar refractivity (Wildman–Crippen MR) is 75.7 cm³/mol. The molecule has 1 aromatic rings. The van der Waals surface area contributed by atoms with Gasteiger partial charge in [-0.15, -0.1) is 0 Å². The average molecular weight is 265 g/mol. The molecule has 0 amide bonds. The standard InChI is InChI=1S/C15H27N3O/c1-10(2)12-6-5-8-15(16,9-7-12)14-17-13(11(3)4)19-18-14/h10-12H,5-9,16H2,1-4H3. The van der Waals surface area contributed by atoms with Crippen LogP contribution in [0.15, 0.2) is 4.52 Å². The maximum absolute atomic E-state index is 6.57. The molecular formula is C15H27N3O. The summed E-state index contributed by atoms with van der Waals surface area (Å²) in [6.45, 7) is 8.73. The van der Waals surface area contributed by atoms with E-state index in [0.29, 0.717) is 11.7 Å². The van der Waals surface area contributed by atoms with Crippen LogP contribution in [0.3, 0.4) is 0 Å². The molecule has 0 saturated heterocycles. The van der Waals surface area contributed by atoms with Gasteiger partial charge in [-0.2, -0.15) is 4.98 Å². The van der Waals surface area contributed by atoms with Crippen LogP contribution in [0, 0.1) is 11.8 Å². The van der Waals surface area contributed by atoms with Crippen LogP contribution in [0.25, 0.3) is 0 Å². The lowest BCUT2D eigenvalue weighted by Gasteiger charge is -2.24. The molecule has 2 N–H and O–H groups in total. The number of hydrogen-bond donors (Lipinski definition) is 1. The van der Waals surface area contributed by atoms with Gasteiger partial charge in [0.1, 0.15) is 0 Å². The molecule has 4 nitrogen and oxygen atoms in total. The molecular weight excluding hydrogens is 238 g/mol. The summed E-state index contributed by atoms with van der Waals surface area (Å²) in [5, 5.41) is 4.13. The molecule has 1 saturated carbocycles. The number of rotatable bonds is 3. The zero-order valence-electron chi connectivity index (χ0n) is 12.6. The van der Waals surface area contributed by atoms with Crippen LogP contribution in [0.4, 0.5) is 0 Å². The Balaban J connectivity index is 2.13. The van der Waals surface area contributed by atoms with Crippen LogP contribution < -0.4 is 5.73 Å². The van der Waals surface area contributed by atoms with E-state index in [1.165, 1.54) is 12.8 Å². The Morgan fingerprint density at radius 3 is 2.53 bits per heavy atom. The van der Waals surface area contributed by atoms with Gasteiger partial charge in [0, 0.05) is 5.92 Å². The van der Waals surface area contributed by atoms with Crippen molar-refractivity contribution in [3.63, 3.8) is 0 Å². The van der Waals surface area contributed by atoms with E-state index >= 15 is 0 Å². The fraction of sp³-hybridized carbons (Fsp3) is 0.867.